The first-order chi connectivity index (χ1) is 12.1. The zero-order chi connectivity index (χ0) is 17.8. The Morgan fingerprint density at radius 3 is 2.92 bits per heavy atom. The van der Waals surface area contributed by atoms with Gasteiger partial charge in [0, 0.05) is 38.0 Å². The molecule has 0 bridgehead atoms. The molecular formula is C17H25N5O3. The van der Waals surface area contributed by atoms with Crippen molar-refractivity contribution in [1.82, 2.24) is 20.1 Å². The highest BCUT2D eigenvalue weighted by Gasteiger charge is 2.19. The number of ether oxygens (including phenoxy) is 1. The average molecular weight is 347 g/mol. The monoisotopic (exact) mass is 347 g/mol. The summed E-state index contributed by atoms with van der Waals surface area (Å²) in [5.74, 6) is 0.498. The summed E-state index contributed by atoms with van der Waals surface area (Å²) >= 11 is 0. The van der Waals surface area contributed by atoms with Gasteiger partial charge in [-0.3, -0.25) is 4.79 Å². The number of anilines is 1. The van der Waals surface area contributed by atoms with E-state index < -0.39 is 0 Å². The molecule has 1 aliphatic heterocycles. The maximum Gasteiger partial charge on any atom is 0.253 e. The standard InChI is InChI=1S/C17H25N5O3/c1-3-22-16-14(15(21-22)20-13-4-6-25-7-5-13)8-12(9-18-16)17(24)19-11(2)10-23/h8-9,11,13,23H,3-7,10H2,1-2H3,(H,19,24)(H,20,21). The van der Waals surface area contributed by atoms with Crippen molar-refractivity contribution in [3.8, 4) is 0 Å². The second kappa shape index (κ2) is 7.79. The molecule has 3 N–H and O–H groups in total. The SMILES string of the molecule is CCn1nc(NC2CCOCC2)c2cc(C(=O)NC(C)CO)cnc21. The summed E-state index contributed by atoms with van der Waals surface area (Å²) < 4.78 is 7.23. The molecule has 25 heavy (non-hydrogen) atoms. The summed E-state index contributed by atoms with van der Waals surface area (Å²) in [7, 11) is 0. The summed E-state index contributed by atoms with van der Waals surface area (Å²) in [5.41, 5.74) is 1.21. The van der Waals surface area contributed by atoms with E-state index in [9.17, 15) is 4.79 Å². The van der Waals surface area contributed by atoms with Crippen molar-refractivity contribution in [3.05, 3.63) is 17.8 Å². The van der Waals surface area contributed by atoms with Crippen molar-refractivity contribution in [3.63, 3.8) is 0 Å². The third-order valence-corrected chi connectivity index (χ3v) is 4.36. The van der Waals surface area contributed by atoms with E-state index in [2.05, 4.69) is 20.7 Å². The van der Waals surface area contributed by atoms with Gasteiger partial charge in [0.25, 0.3) is 5.91 Å². The van der Waals surface area contributed by atoms with Gasteiger partial charge in [-0.15, -0.1) is 0 Å². The van der Waals surface area contributed by atoms with Crippen molar-refractivity contribution in [1.29, 1.82) is 0 Å². The molecule has 1 saturated heterocycles. The maximum absolute atomic E-state index is 12.3. The smallest absolute Gasteiger partial charge is 0.253 e. The predicted molar refractivity (Wildman–Crippen MR) is 94.7 cm³/mol. The van der Waals surface area contributed by atoms with Crippen molar-refractivity contribution < 1.29 is 14.6 Å². The Bertz CT molecular complexity index is 739. The average Bonchev–Trinajstić information content (AvgIpc) is 2.99. The van der Waals surface area contributed by atoms with Crippen molar-refractivity contribution in [2.75, 3.05) is 25.1 Å². The lowest BCUT2D eigenvalue weighted by Crippen LogP contribution is -2.35. The lowest BCUT2D eigenvalue weighted by molar-refractivity contribution is 0.0903. The number of amides is 1. The van der Waals surface area contributed by atoms with Crippen LogP contribution in [0.15, 0.2) is 12.3 Å². The molecule has 1 atom stereocenters. The van der Waals surface area contributed by atoms with Crippen LogP contribution < -0.4 is 10.6 Å². The lowest BCUT2D eigenvalue weighted by Gasteiger charge is -2.23. The third-order valence-electron chi connectivity index (χ3n) is 4.36. The number of hydrogen-bond acceptors (Lipinski definition) is 6. The van der Waals surface area contributed by atoms with E-state index in [-0.39, 0.29) is 18.6 Å². The highest BCUT2D eigenvalue weighted by Crippen LogP contribution is 2.25. The van der Waals surface area contributed by atoms with Gasteiger partial charge >= 0.3 is 0 Å². The fourth-order valence-corrected chi connectivity index (χ4v) is 2.90. The molecule has 0 radical (unpaired) electrons. The molecule has 3 rings (SSSR count). The molecule has 0 aliphatic carbocycles. The van der Waals surface area contributed by atoms with Gasteiger partial charge in [-0.2, -0.15) is 5.10 Å². The number of aromatic nitrogens is 3. The number of aliphatic hydroxyl groups is 1. The van der Waals surface area contributed by atoms with Gasteiger partial charge in [0.1, 0.15) is 0 Å². The summed E-state index contributed by atoms with van der Waals surface area (Å²) in [4.78, 5) is 16.7. The fraction of sp³-hybridized carbons (Fsp3) is 0.588. The van der Waals surface area contributed by atoms with Gasteiger partial charge in [0.05, 0.1) is 17.6 Å². The molecule has 3 heterocycles. The van der Waals surface area contributed by atoms with Crippen molar-refractivity contribution >= 4 is 22.8 Å². The molecule has 2 aromatic heterocycles. The Morgan fingerprint density at radius 1 is 1.48 bits per heavy atom. The fourth-order valence-electron chi connectivity index (χ4n) is 2.90. The van der Waals surface area contributed by atoms with E-state index in [0.29, 0.717) is 18.2 Å². The van der Waals surface area contributed by atoms with Gasteiger partial charge in [-0.25, -0.2) is 9.67 Å². The summed E-state index contributed by atoms with van der Waals surface area (Å²) in [6, 6.07) is 1.81. The Hall–Kier alpha value is -2.19. The Labute approximate surface area is 146 Å². The van der Waals surface area contributed by atoms with Crippen LogP contribution in [-0.4, -0.2) is 57.7 Å². The third kappa shape index (κ3) is 3.91. The van der Waals surface area contributed by atoms with Crippen LogP contribution >= 0.6 is 0 Å². The first-order valence-corrected chi connectivity index (χ1v) is 8.75. The number of hydrogen-bond donors (Lipinski definition) is 3. The number of rotatable bonds is 6. The van der Waals surface area contributed by atoms with Gasteiger partial charge < -0.3 is 20.5 Å². The second-order valence-corrected chi connectivity index (χ2v) is 6.35. The van der Waals surface area contributed by atoms with E-state index in [0.717, 1.165) is 42.9 Å². The highest BCUT2D eigenvalue weighted by molar-refractivity contribution is 5.99. The number of fused-ring (bicyclic) bond motifs is 1. The van der Waals surface area contributed by atoms with E-state index >= 15 is 0 Å². The lowest BCUT2D eigenvalue weighted by atomic mass is 10.1. The van der Waals surface area contributed by atoms with Crippen LogP contribution in [0, 0.1) is 0 Å². The molecule has 0 saturated carbocycles. The Balaban J connectivity index is 1.90. The van der Waals surface area contributed by atoms with Crippen LogP contribution in [0.25, 0.3) is 11.0 Å². The molecule has 1 amide bonds. The molecule has 136 valence electrons. The van der Waals surface area contributed by atoms with Gasteiger partial charge in [-0.05, 0) is 32.8 Å². The van der Waals surface area contributed by atoms with Crippen molar-refractivity contribution in [2.24, 2.45) is 0 Å². The minimum Gasteiger partial charge on any atom is -0.394 e. The Kier molecular flexibility index (Phi) is 5.50. The molecule has 1 aliphatic rings. The molecule has 0 aromatic carbocycles. The van der Waals surface area contributed by atoms with Gasteiger partial charge in [-0.1, -0.05) is 0 Å². The Morgan fingerprint density at radius 2 is 2.24 bits per heavy atom. The minimum atomic E-state index is -0.304. The molecule has 2 aromatic rings. The van der Waals surface area contributed by atoms with Crippen LogP contribution in [0.4, 0.5) is 5.82 Å². The van der Waals surface area contributed by atoms with Crippen LogP contribution in [0.1, 0.15) is 37.0 Å². The van der Waals surface area contributed by atoms with Crippen molar-refractivity contribution in [2.45, 2.75) is 45.3 Å². The number of nitrogens with one attached hydrogen (secondary N) is 2. The number of pyridine rings is 1. The first kappa shape index (κ1) is 17.6. The van der Waals surface area contributed by atoms with E-state index in [1.165, 1.54) is 0 Å². The topological polar surface area (TPSA) is 101 Å². The number of carbonyl (C=O) groups excluding carboxylic acids is 1. The zero-order valence-corrected chi connectivity index (χ0v) is 14.7. The quantitative estimate of drug-likeness (QED) is 0.725. The summed E-state index contributed by atoms with van der Waals surface area (Å²) in [5, 5.41) is 20.8. The molecule has 8 heteroatoms. The minimum absolute atomic E-state index is 0.105. The number of aliphatic hydroxyl groups excluding tert-OH is 1. The molecule has 8 nitrogen and oxygen atoms in total. The predicted octanol–water partition coefficient (Wildman–Crippen LogP) is 1.15. The maximum atomic E-state index is 12.3. The summed E-state index contributed by atoms with van der Waals surface area (Å²) in [6.07, 6.45) is 3.41. The molecule has 1 fully saturated rings. The summed E-state index contributed by atoms with van der Waals surface area (Å²) in [6.45, 7) is 5.84. The van der Waals surface area contributed by atoms with E-state index in [4.69, 9.17) is 9.84 Å². The van der Waals surface area contributed by atoms with Crippen LogP contribution in [0.5, 0.6) is 0 Å². The first-order valence-electron chi connectivity index (χ1n) is 8.75. The van der Waals surface area contributed by atoms with Gasteiger partial charge in [0.15, 0.2) is 11.5 Å². The normalized spacial score (nSPS) is 16.8. The molecule has 0 spiro atoms. The number of nitrogens with zero attached hydrogens (tertiary/aromatic N) is 3. The van der Waals surface area contributed by atoms with E-state index in [1.807, 2.05) is 17.7 Å². The molecular weight excluding hydrogens is 322 g/mol. The number of carbonyl (C=O) groups is 1. The largest absolute Gasteiger partial charge is 0.394 e. The highest BCUT2D eigenvalue weighted by atomic mass is 16.5. The van der Waals surface area contributed by atoms with Gasteiger partial charge in [0.2, 0.25) is 0 Å². The second-order valence-electron chi connectivity index (χ2n) is 6.35. The van der Waals surface area contributed by atoms with E-state index in [1.54, 1.807) is 13.1 Å². The van der Waals surface area contributed by atoms with Crippen LogP contribution in [-0.2, 0) is 11.3 Å². The van der Waals surface area contributed by atoms with Crippen LogP contribution in [0.2, 0.25) is 0 Å². The van der Waals surface area contributed by atoms with Crippen LogP contribution in [0.3, 0.4) is 0 Å². The molecule has 1 unspecified atom stereocenters. The number of aryl methyl sites for hydroxylation is 1. The zero-order valence-electron chi connectivity index (χ0n) is 14.7.